The van der Waals surface area contributed by atoms with E-state index in [9.17, 15) is 18.8 Å². The molecule has 2 heterocycles. The topological polar surface area (TPSA) is 96.8 Å². The van der Waals surface area contributed by atoms with E-state index in [4.69, 9.17) is 0 Å². The summed E-state index contributed by atoms with van der Waals surface area (Å²) in [6.45, 7) is 4.12. The number of nitrogens with zero attached hydrogens (tertiary/aromatic N) is 2. The third kappa shape index (κ3) is 4.84. The lowest BCUT2D eigenvalue weighted by Gasteiger charge is -2.23. The maximum absolute atomic E-state index is 13.7. The maximum atomic E-state index is 13.7. The number of carbonyl (C=O) groups excluding carboxylic acids is 1. The van der Waals surface area contributed by atoms with Crippen molar-refractivity contribution in [3.05, 3.63) is 56.4 Å². The SMILES string of the molecule is CCCC(CCC)CC(C(=O)Nc1nccs1)n1c(=O)[nH]c2ccc(F)cc2c1=O. The molecule has 1 atom stereocenters. The number of thiazole rings is 1. The average molecular weight is 433 g/mol. The maximum Gasteiger partial charge on any atom is 0.329 e. The van der Waals surface area contributed by atoms with Crippen LogP contribution in [0, 0.1) is 11.7 Å². The van der Waals surface area contributed by atoms with E-state index in [1.807, 2.05) is 0 Å². The summed E-state index contributed by atoms with van der Waals surface area (Å²) in [4.78, 5) is 45.7. The van der Waals surface area contributed by atoms with Crippen LogP contribution in [0.1, 0.15) is 52.0 Å². The van der Waals surface area contributed by atoms with Crippen molar-refractivity contribution in [3.8, 4) is 0 Å². The fraction of sp³-hybridized carbons (Fsp3) is 0.429. The molecule has 0 saturated carbocycles. The van der Waals surface area contributed by atoms with E-state index in [0.717, 1.165) is 36.3 Å². The molecule has 0 fully saturated rings. The van der Waals surface area contributed by atoms with Gasteiger partial charge in [0, 0.05) is 11.6 Å². The number of aromatic nitrogens is 3. The average Bonchev–Trinajstić information content (AvgIpc) is 3.21. The summed E-state index contributed by atoms with van der Waals surface area (Å²) in [5.74, 6) is -0.899. The number of amides is 1. The molecule has 0 radical (unpaired) electrons. The van der Waals surface area contributed by atoms with E-state index < -0.39 is 29.0 Å². The van der Waals surface area contributed by atoms with Crippen molar-refractivity contribution in [1.82, 2.24) is 14.5 Å². The monoisotopic (exact) mass is 432 g/mol. The minimum atomic E-state index is -1.03. The van der Waals surface area contributed by atoms with Crippen LogP contribution in [0.25, 0.3) is 10.9 Å². The summed E-state index contributed by atoms with van der Waals surface area (Å²) < 4.78 is 14.7. The van der Waals surface area contributed by atoms with Crippen LogP contribution >= 0.6 is 11.3 Å². The zero-order chi connectivity index (χ0) is 21.7. The number of halogens is 1. The Hall–Kier alpha value is -2.81. The quantitative estimate of drug-likeness (QED) is 0.533. The minimum absolute atomic E-state index is 0.0316. The van der Waals surface area contributed by atoms with Gasteiger partial charge in [0.05, 0.1) is 10.9 Å². The van der Waals surface area contributed by atoms with Gasteiger partial charge in [-0.1, -0.05) is 39.5 Å². The lowest BCUT2D eigenvalue weighted by molar-refractivity contribution is -0.120. The van der Waals surface area contributed by atoms with Gasteiger partial charge in [-0.15, -0.1) is 11.3 Å². The largest absolute Gasteiger partial charge is 0.329 e. The Bertz CT molecular complexity index is 1120. The van der Waals surface area contributed by atoms with Crippen molar-refractivity contribution in [2.45, 2.75) is 52.0 Å². The lowest BCUT2D eigenvalue weighted by atomic mass is 9.90. The number of fused-ring (bicyclic) bond motifs is 1. The number of benzene rings is 1. The fourth-order valence-electron chi connectivity index (χ4n) is 3.80. The van der Waals surface area contributed by atoms with Crippen molar-refractivity contribution < 1.29 is 9.18 Å². The second kappa shape index (κ2) is 9.80. The molecular formula is C21H25FN4O3S. The molecule has 30 heavy (non-hydrogen) atoms. The third-order valence-corrected chi connectivity index (χ3v) is 5.81. The Morgan fingerprint density at radius 2 is 2.00 bits per heavy atom. The number of H-pyrrole nitrogens is 1. The van der Waals surface area contributed by atoms with Crippen LogP contribution in [0.5, 0.6) is 0 Å². The van der Waals surface area contributed by atoms with Gasteiger partial charge >= 0.3 is 5.69 Å². The van der Waals surface area contributed by atoms with Crippen LogP contribution in [0.4, 0.5) is 9.52 Å². The smallest absolute Gasteiger partial charge is 0.307 e. The molecule has 1 amide bonds. The van der Waals surface area contributed by atoms with Crippen LogP contribution in [0.2, 0.25) is 0 Å². The van der Waals surface area contributed by atoms with E-state index in [0.29, 0.717) is 11.6 Å². The molecule has 0 aliphatic heterocycles. The predicted octanol–water partition coefficient (Wildman–Crippen LogP) is 4.07. The Labute approximate surface area is 177 Å². The van der Waals surface area contributed by atoms with Crippen molar-refractivity contribution in [2.75, 3.05) is 5.32 Å². The van der Waals surface area contributed by atoms with Crippen LogP contribution in [0.3, 0.4) is 0 Å². The summed E-state index contributed by atoms with van der Waals surface area (Å²) in [7, 11) is 0. The molecule has 3 aromatic rings. The van der Waals surface area contributed by atoms with E-state index in [1.165, 1.54) is 23.5 Å². The highest BCUT2D eigenvalue weighted by Gasteiger charge is 2.28. The van der Waals surface area contributed by atoms with Crippen molar-refractivity contribution in [3.63, 3.8) is 0 Å². The van der Waals surface area contributed by atoms with E-state index in [1.54, 1.807) is 11.6 Å². The number of aromatic amines is 1. The first kappa shape index (κ1) is 21.9. The molecule has 0 aliphatic carbocycles. The molecule has 2 aromatic heterocycles. The van der Waals surface area contributed by atoms with Gasteiger partial charge in [0.15, 0.2) is 5.13 Å². The molecule has 3 rings (SSSR count). The number of anilines is 1. The Morgan fingerprint density at radius 3 is 2.63 bits per heavy atom. The number of rotatable bonds is 9. The van der Waals surface area contributed by atoms with Gasteiger partial charge in [0.2, 0.25) is 5.91 Å². The molecule has 0 aliphatic rings. The number of hydrogen-bond donors (Lipinski definition) is 2. The molecule has 0 bridgehead atoms. The minimum Gasteiger partial charge on any atom is -0.307 e. The van der Waals surface area contributed by atoms with Crippen molar-refractivity contribution in [1.29, 1.82) is 0 Å². The molecule has 1 aromatic carbocycles. The molecular weight excluding hydrogens is 407 g/mol. The highest BCUT2D eigenvalue weighted by molar-refractivity contribution is 7.13. The van der Waals surface area contributed by atoms with Crippen LogP contribution in [0.15, 0.2) is 39.4 Å². The van der Waals surface area contributed by atoms with E-state index >= 15 is 0 Å². The Balaban J connectivity index is 2.09. The summed E-state index contributed by atoms with van der Waals surface area (Å²) >= 11 is 1.25. The molecule has 7 nitrogen and oxygen atoms in total. The summed E-state index contributed by atoms with van der Waals surface area (Å²) in [5, 5.41) is 4.85. The van der Waals surface area contributed by atoms with Gasteiger partial charge in [-0.25, -0.2) is 18.7 Å². The molecule has 0 spiro atoms. The Kier molecular flexibility index (Phi) is 7.15. The number of nitrogens with one attached hydrogen (secondary N) is 2. The molecule has 2 N–H and O–H groups in total. The number of hydrogen-bond acceptors (Lipinski definition) is 5. The van der Waals surface area contributed by atoms with Crippen LogP contribution in [-0.4, -0.2) is 20.4 Å². The highest BCUT2D eigenvalue weighted by atomic mass is 32.1. The molecule has 9 heteroatoms. The zero-order valence-electron chi connectivity index (χ0n) is 17.0. The van der Waals surface area contributed by atoms with Crippen LogP contribution < -0.4 is 16.6 Å². The van der Waals surface area contributed by atoms with Gasteiger partial charge in [0.25, 0.3) is 5.56 Å². The predicted molar refractivity (Wildman–Crippen MR) is 116 cm³/mol. The normalized spacial score (nSPS) is 12.4. The standard InChI is InChI=1S/C21H25FN4O3S/c1-3-5-13(6-4-2)11-17(18(27)25-20-23-9-10-30-20)26-19(28)15-12-14(22)7-8-16(15)24-21(26)29/h7-10,12-13,17H,3-6,11H2,1-2H3,(H,24,29)(H,23,25,27). The Morgan fingerprint density at radius 1 is 1.27 bits per heavy atom. The van der Waals surface area contributed by atoms with Gasteiger partial charge in [-0.2, -0.15) is 0 Å². The van der Waals surface area contributed by atoms with Crippen LogP contribution in [-0.2, 0) is 4.79 Å². The zero-order valence-corrected chi connectivity index (χ0v) is 17.8. The summed E-state index contributed by atoms with van der Waals surface area (Å²) in [6.07, 6.45) is 5.51. The fourth-order valence-corrected chi connectivity index (χ4v) is 4.33. The molecule has 1 unspecified atom stereocenters. The first-order valence-electron chi connectivity index (χ1n) is 10.1. The van der Waals surface area contributed by atoms with Gasteiger partial charge in [-0.05, 0) is 30.5 Å². The molecule has 0 saturated heterocycles. The molecule has 160 valence electrons. The first-order chi connectivity index (χ1) is 14.4. The summed E-state index contributed by atoms with van der Waals surface area (Å²) in [6, 6.07) is 2.57. The second-order valence-electron chi connectivity index (χ2n) is 7.32. The lowest BCUT2D eigenvalue weighted by Crippen LogP contribution is -2.43. The third-order valence-electron chi connectivity index (χ3n) is 5.12. The van der Waals surface area contributed by atoms with Gasteiger partial charge in [0.1, 0.15) is 11.9 Å². The highest BCUT2D eigenvalue weighted by Crippen LogP contribution is 2.26. The van der Waals surface area contributed by atoms with Gasteiger partial charge < -0.3 is 10.3 Å². The second-order valence-corrected chi connectivity index (χ2v) is 8.21. The summed E-state index contributed by atoms with van der Waals surface area (Å²) in [5.41, 5.74) is -1.13. The van der Waals surface area contributed by atoms with Crippen molar-refractivity contribution >= 4 is 33.3 Å². The number of carbonyl (C=O) groups is 1. The van der Waals surface area contributed by atoms with Gasteiger partial charge in [-0.3, -0.25) is 9.59 Å². The van der Waals surface area contributed by atoms with Crippen molar-refractivity contribution in [2.24, 2.45) is 5.92 Å². The van der Waals surface area contributed by atoms with E-state index in [2.05, 4.69) is 29.1 Å². The van der Waals surface area contributed by atoms with E-state index in [-0.39, 0.29) is 16.8 Å². The first-order valence-corrected chi connectivity index (χ1v) is 11.0.